The number of thiol groups is 1. The first kappa shape index (κ1) is 12.2. The predicted octanol–water partition coefficient (Wildman–Crippen LogP) is 2.10. The van der Waals surface area contributed by atoms with E-state index in [0.29, 0.717) is 4.75 Å². The van der Waals surface area contributed by atoms with Gasteiger partial charge < -0.3 is 5.32 Å². The molecule has 1 saturated carbocycles. The van der Waals surface area contributed by atoms with Crippen LogP contribution >= 0.6 is 24.4 Å². The lowest BCUT2D eigenvalue weighted by atomic mass is 10.1. The lowest BCUT2D eigenvalue weighted by Crippen LogP contribution is -2.40. The lowest BCUT2D eigenvalue weighted by Gasteiger charge is -2.27. The third kappa shape index (κ3) is 3.09. The summed E-state index contributed by atoms with van der Waals surface area (Å²) >= 11 is 6.00. The van der Waals surface area contributed by atoms with Crippen molar-refractivity contribution in [3.05, 3.63) is 0 Å². The van der Waals surface area contributed by atoms with Crippen LogP contribution in [-0.4, -0.2) is 28.7 Å². The first-order valence-electron chi connectivity index (χ1n) is 5.10. The van der Waals surface area contributed by atoms with Gasteiger partial charge in [0.1, 0.15) is 0 Å². The molecule has 1 atom stereocenters. The second kappa shape index (κ2) is 5.31. The number of rotatable bonds is 4. The molecule has 0 heterocycles. The summed E-state index contributed by atoms with van der Waals surface area (Å²) in [6, 6.07) is 0. The minimum Gasteiger partial charge on any atom is -0.354 e. The Morgan fingerprint density at radius 3 is 2.57 bits per heavy atom. The summed E-state index contributed by atoms with van der Waals surface area (Å²) in [5.74, 6) is 0.0497. The summed E-state index contributed by atoms with van der Waals surface area (Å²) in [6.45, 7) is 2.61. The molecule has 1 rings (SSSR count). The average Bonchev–Trinajstić information content (AvgIpc) is 2.63. The molecule has 0 aromatic heterocycles. The molecule has 14 heavy (non-hydrogen) atoms. The Bertz CT molecular complexity index is 200. The maximum atomic E-state index is 11.4. The van der Waals surface area contributed by atoms with Crippen LogP contribution in [0.3, 0.4) is 0 Å². The zero-order chi connectivity index (χ0) is 10.6. The fraction of sp³-hybridized carbons (Fsp3) is 0.900. The number of hydrogen-bond acceptors (Lipinski definition) is 3. The van der Waals surface area contributed by atoms with Crippen LogP contribution in [0.25, 0.3) is 0 Å². The number of carbonyl (C=O) groups excluding carboxylic acids is 1. The number of hydrogen-bond donors (Lipinski definition) is 2. The highest BCUT2D eigenvalue weighted by molar-refractivity contribution is 8.00. The van der Waals surface area contributed by atoms with Gasteiger partial charge in [0.05, 0.1) is 5.25 Å². The number of nitrogens with one attached hydrogen (secondary N) is 1. The number of carbonyl (C=O) groups is 1. The molecule has 1 N–H and O–H groups in total. The first-order chi connectivity index (χ1) is 6.59. The summed E-state index contributed by atoms with van der Waals surface area (Å²) in [5.41, 5.74) is 0. The van der Waals surface area contributed by atoms with Crippen molar-refractivity contribution >= 4 is 30.3 Å². The van der Waals surface area contributed by atoms with Gasteiger partial charge in [-0.15, -0.1) is 0 Å². The van der Waals surface area contributed by atoms with Crippen molar-refractivity contribution in [3.8, 4) is 0 Å². The maximum absolute atomic E-state index is 11.4. The Kier molecular flexibility index (Phi) is 4.64. The summed E-state index contributed by atoms with van der Waals surface area (Å²) in [5, 5.41) is 2.78. The summed E-state index contributed by atoms with van der Waals surface area (Å²) in [4.78, 5) is 11.4. The van der Waals surface area contributed by atoms with Crippen LogP contribution < -0.4 is 5.32 Å². The molecule has 1 aliphatic rings. The molecule has 0 saturated heterocycles. The first-order valence-corrected chi connectivity index (χ1v) is 6.85. The van der Waals surface area contributed by atoms with E-state index >= 15 is 0 Å². The fourth-order valence-corrected chi connectivity index (χ4v) is 2.87. The van der Waals surface area contributed by atoms with Crippen LogP contribution in [0, 0.1) is 0 Å². The van der Waals surface area contributed by atoms with Gasteiger partial charge in [0.2, 0.25) is 5.91 Å². The third-order valence-electron chi connectivity index (χ3n) is 2.91. The van der Waals surface area contributed by atoms with E-state index in [1.165, 1.54) is 25.7 Å². The third-order valence-corrected chi connectivity index (χ3v) is 4.57. The van der Waals surface area contributed by atoms with Crippen molar-refractivity contribution in [2.75, 3.05) is 12.8 Å². The predicted molar refractivity (Wildman–Crippen MR) is 66.2 cm³/mol. The highest BCUT2D eigenvalue weighted by Crippen LogP contribution is 2.39. The molecule has 0 spiro atoms. The highest BCUT2D eigenvalue weighted by atomic mass is 32.2. The second-order valence-corrected chi connectivity index (χ2v) is 6.04. The van der Waals surface area contributed by atoms with Gasteiger partial charge in [-0.25, -0.2) is 0 Å². The van der Waals surface area contributed by atoms with E-state index in [1.54, 1.807) is 6.92 Å². The molecule has 2 nitrogen and oxygen atoms in total. The Hall–Kier alpha value is 0.170. The van der Waals surface area contributed by atoms with Gasteiger partial charge in [0, 0.05) is 11.3 Å². The monoisotopic (exact) mass is 233 g/mol. The van der Waals surface area contributed by atoms with Crippen molar-refractivity contribution in [1.29, 1.82) is 0 Å². The van der Waals surface area contributed by atoms with Gasteiger partial charge in [-0.05, 0) is 26.0 Å². The van der Waals surface area contributed by atoms with E-state index in [-0.39, 0.29) is 11.2 Å². The van der Waals surface area contributed by atoms with Crippen LogP contribution in [0.2, 0.25) is 0 Å². The molecule has 0 aliphatic heterocycles. The standard InChI is InChI=1S/C10H19NOS2/c1-8(13)9(12)11-7-10(14-2)5-3-4-6-10/h8,13H,3-7H2,1-2H3,(H,11,12). The second-order valence-electron chi connectivity index (χ2n) is 3.99. The smallest absolute Gasteiger partial charge is 0.232 e. The quantitative estimate of drug-likeness (QED) is 0.728. The van der Waals surface area contributed by atoms with E-state index in [9.17, 15) is 4.79 Å². The van der Waals surface area contributed by atoms with Crippen molar-refractivity contribution in [3.63, 3.8) is 0 Å². The maximum Gasteiger partial charge on any atom is 0.232 e. The zero-order valence-corrected chi connectivity index (χ0v) is 10.6. The zero-order valence-electron chi connectivity index (χ0n) is 8.88. The van der Waals surface area contributed by atoms with Crippen molar-refractivity contribution in [2.24, 2.45) is 0 Å². The molecular formula is C10H19NOS2. The van der Waals surface area contributed by atoms with Crippen LogP contribution in [0.15, 0.2) is 0 Å². The molecule has 1 fully saturated rings. The van der Waals surface area contributed by atoms with Crippen molar-refractivity contribution in [2.45, 2.75) is 42.6 Å². The van der Waals surface area contributed by atoms with Crippen LogP contribution in [0.1, 0.15) is 32.6 Å². The topological polar surface area (TPSA) is 29.1 Å². The fourth-order valence-electron chi connectivity index (χ4n) is 1.87. The molecule has 4 heteroatoms. The van der Waals surface area contributed by atoms with Gasteiger partial charge in [-0.3, -0.25) is 4.79 Å². The number of thioether (sulfide) groups is 1. The van der Waals surface area contributed by atoms with Crippen molar-refractivity contribution < 1.29 is 4.79 Å². The van der Waals surface area contributed by atoms with Crippen molar-refractivity contribution in [1.82, 2.24) is 5.32 Å². The van der Waals surface area contributed by atoms with Crippen LogP contribution in [0.4, 0.5) is 0 Å². The Morgan fingerprint density at radius 2 is 2.14 bits per heavy atom. The minimum absolute atomic E-state index is 0.0497. The summed E-state index contributed by atoms with van der Waals surface area (Å²) in [7, 11) is 0. The van der Waals surface area contributed by atoms with E-state index in [4.69, 9.17) is 0 Å². The van der Waals surface area contributed by atoms with Gasteiger partial charge in [-0.2, -0.15) is 24.4 Å². The molecule has 0 aromatic rings. The van der Waals surface area contributed by atoms with Gasteiger partial charge in [0.25, 0.3) is 0 Å². The Labute approximate surface area is 96.0 Å². The average molecular weight is 233 g/mol. The molecule has 0 aromatic carbocycles. The molecule has 1 aliphatic carbocycles. The van der Waals surface area contributed by atoms with Crippen LogP contribution in [0.5, 0.6) is 0 Å². The Morgan fingerprint density at radius 1 is 1.57 bits per heavy atom. The Balaban J connectivity index is 2.38. The molecule has 1 amide bonds. The van der Waals surface area contributed by atoms with Crippen LogP contribution in [-0.2, 0) is 4.79 Å². The van der Waals surface area contributed by atoms with E-state index < -0.39 is 0 Å². The summed E-state index contributed by atoms with van der Waals surface area (Å²) < 4.78 is 0.304. The normalized spacial score (nSPS) is 21.9. The largest absolute Gasteiger partial charge is 0.354 e. The van der Waals surface area contributed by atoms with Gasteiger partial charge in [-0.1, -0.05) is 12.8 Å². The molecule has 82 valence electrons. The molecule has 1 unspecified atom stereocenters. The number of amides is 1. The van der Waals surface area contributed by atoms with E-state index in [2.05, 4.69) is 24.2 Å². The van der Waals surface area contributed by atoms with E-state index in [0.717, 1.165) is 6.54 Å². The SMILES string of the molecule is CSC1(CNC(=O)C(C)S)CCCC1. The summed E-state index contributed by atoms with van der Waals surface area (Å²) in [6.07, 6.45) is 7.20. The van der Waals surface area contributed by atoms with Gasteiger partial charge in [0.15, 0.2) is 0 Å². The minimum atomic E-state index is -0.199. The molecular weight excluding hydrogens is 214 g/mol. The van der Waals surface area contributed by atoms with Gasteiger partial charge >= 0.3 is 0 Å². The molecule has 0 radical (unpaired) electrons. The highest BCUT2D eigenvalue weighted by Gasteiger charge is 2.33. The lowest BCUT2D eigenvalue weighted by molar-refractivity contribution is -0.120. The molecule has 0 bridgehead atoms. The van der Waals surface area contributed by atoms with E-state index in [1.807, 2.05) is 11.8 Å².